The topological polar surface area (TPSA) is 61.6 Å². The number of thiazole rings is 1. The van der Waals surface area contributed by atoms with Crippen LogP contribution in [0, 0.1) is 11.3 Å². The Morgan fingerprint density at radius 3 is 2.96 bits per heavy atom. The highest BCUT2D eigenvalue weighted by Gasteiger charge is 2.23. The highest BCUT2D eigenvalue weighted by molar-refractivity contribution is 7.11. The summed E-state index contributed by atoms with van der Waals surface area (Å²) >= 11 is 1.79. The average Bonchev–Trinajstić information content (AvgIpc) is 3.09. The molecule has 4 rings (SSSR count). The van der Waals surface area contributed by atoms with Gasteiger partial charge in [0, 0.05) is 11.1 Å². The molecule has 1 aromatic carbocycles. The molecule has 0 bridgehead atoms. The lowest BCUT2D eigenvalue weighted by atomic mass is 9.85. The van der Waals surface area contributed by atoms with E-state index in [9.17, 15) is 0 Å². The zero-order valence-electron chi connectivity index (χ0n) is 13.8. The average molecular weight is 346 g/mol. The maximum atomic E-state index is 9.15. The van der Waals surface area contributed by atoms with Crippen LogP contribution in [0.15, 0.2) is 48.8 Å². The summed E-state index contributed by atoms with van der Waals surface area (Å²) in [5.41, 5.74) is 4.05. The van der Waals surface area contributed by atoms with Gasteiger partial charge in [0.2, 0.25) is 0 Å². The Morgan fingerprint density at radius 2 is 2.12 bits per heavy atom. The van der Waals surface area contributed by atoms with Crippen molar-refractivity contribution < 1.29 is 0 Å². The normalized spacial score (nSPS) is 16.0. The molecule has 2 aromatic heterocycles. The Kier molecular flexibility index (Phi) is 4.45. The SMILES string of the molecule is N#Cc1ccncc1NCc1nc2c(s1)CC(c1ccccc1)CC2. The fourth-order valence-corrected chi connectivity index (χ4v) is 4.45. The van der Waals surface area contributed by atoms with Gasteiger partial charge in [-0.15, -0.1) is 11.3 Å². The van der Waals surface area contributed by atoms with Crippen LogP contribution < -0.4 is 5.32 Å². The molecule has 0 saturated heterocycles. The van der Waals surface area contributed by atoms with Gasteiger partial charge in [0.25, 0.3) is 0 Å². The molecule has 1 N–H and O–H groups in total. The number of fused-ring (bicyclic) bond motifs is 1. The molecule has 0 radical (unpaired) electrons. The van der Waals surface area contributed by atoms with Crippen LogP contribution in [0.25, 0.3) is 0 Å². The number of hydrogen-bond acceptors (Lipinski definition) is 5. The molecule has 25 heavy (non-hydrogen) atoms. The molecule has 4 nitrogen and oxygen atoms in total. The van der Waals surface area contributed by atoms with Crippen molar-refractivity contribution >= 4 is 17.0 Å². The van der Waals surface area contributed by atoms with E-state index in [1.54, 1.807) is 29.8 Å². The number of nitriles is 1. The van der Waals surface area contributed by atoms with Gasteiger partial charge in [-0.25, -0.2) is 4.98 Å². The van der Waals surface area contributed by atoms with E-state index in [1.165, 1.54) is 16.1 Å². The second-order valence-corrected chi connectivity index (χ2v) is 7.38. The van der Waals surface area contributed by atoms with Crippen molar-refractivity contribution in [3.05, 3.63) is 75.5 Å². The third-order valence-electron chi connectivity index (χ3n) is 4.63. The molecular weight excluding hydrogens is 328 g/mol. The van der Waals surface area contributed by atoms with E-state index >= 15 is 0 Å². The van der Waals surface area contributed by atoms with Gasteiger partial charge in [-0.05, 0) is 36.8 Å². The summed E-state index contributed by atoms with van der Waals surface area (Å²) in [6, 6.07) is 14.7. The number of nitrogens with one attached hydrogen (secondary N) is 1. The number of benzene rings is 1. The fraction of sp³-hybridized carbons (Fsp3) is 0.250. The zero-order chi connectivity index (χ0) is 17.1. The third-order valence-corrected chi connectivity index (χ3v) is 5.75. The molecular formula is C20H18N4S. The predicted molar refractivity (Wildman–Crippen MR) is 99.6 cm³/mol. The lowest BCUT2D eigenvalue weighted by Gasteiger charge is -2.21. The van der Waals surface area contributed by atoms with Gasteiger partial charge in [0.05, 0.1) is 29.7 Å². The van der Waals surface area contributed by atoms with Crippen molar-refractivity contribution in [1.29, 1.82) is 5.26 Å². The first-order valence-electron chi connectivity index (χ1n) is 8.44. The lowest BCUT2D eigenvalue weighted by Crippen LogP contribution is -2.11. The van der Waals surface area contributed by atoms with Crippen molar-refractivity contribution in [2.24, 2.45) is 0 Å². The maximum absolute atomic E-state index is 9.15. The lowest BCUT2D eigenvalue weighted by molar-refractivity contribution is 0.584. The number of rotatable bonds is 4. The zero-order valence-corrected chi connectivity index (χ0v) is 14.6. The minimum atomic E-state index is 0.596. The molecule has 3 aromatic rings. The molecule has 5 heteroatoms. The minimum absolute atomic E-state index is 0.596. The van der Waals surface area contributed by atoms with E-state index in [2.05, 4.69) is 46.7 Å². The van der Waals surface area contributed by atoms with Gasteiger partial charge >= 0.3 is 0 Å². The van der Waals surface area contributed by atoms with E-state index < -0.39 is 0 Å². The molecule has 0 spiro atoms. The summed E-state index contributed by atoms with van der Waals surface area (Å²) in [6.45, 7) is 0.633. The molecule has 2 heterocycles. The fourth-order valence-electron chi connectivity index (χ4n) is 3.32. The molecule has 1 atom stereocenters. The summed E-state index contributed by atoms with van der Waals surface area (Å²) in [4.78, 5) is 10.3. The summed E-state index contributed by atoms with van der Waals surface area (Å²) in [5, 5.41) is 13.5. The van der Waals surface area contributed by atoms with Gasteiger partial charge in [0.15, 0.2) is 0 Å². The van der Waals surface area contributed by atoms with Crippen molar-refractivity contribution in [2.45, 2.75) is 31.7 Å². The van der Waals surface area contributed by atoms with Crippen molar-refractivity contribution in [3.63, 3.8) is 0 Å². The largest absolute Gasteiger partial charge is 0.376 e. The summed E-state index contributed by atoms with van der Waals surface area (Å²) < 4.78 is 0. The molecule has 0 fully saturated rings. The van der Waals surface area contributed by atoms with Crippen LogP contribution in [0.1, 0.15) is 39.0 Å². The highest BCUT2D eigenvalue weighted by atomic mass is 32.1. The second-order valence-electron chi connectivity index (χ2n) is 6.21. The van der Waals surface area contributed by atoms with Gasteiger partial charge in [-0.1, -0.05) is 30.3 Å². The molecule has 1 aliphatic carbocycles. The summed E-state index contributed by atoms with van der Waals surface area (Å²) in [7, 11) is 0. The van der Waals surface area contributed by atoms with Gasteiger partial charge < -0.3 is 5.32 Å². The first-order valence-corrected chi connectivity index (χ1v) is 9.25. The Hall–Kier alpha value is -2.71. The van der Waals surface area contributed by atoms with Crippen LogP contribution in [0.5, 0.6) is 0 Å². The number of nitrogens with zero attached hydrogens (tertiary/aromatic N) is 3. The van der Waals surface area contributed by atoms with Crippen LogP contribution in [0.3, 0.4) is 0 Å². The number of hydrogen-bond donors (Lipinski definition) is 1. The van der Waals surface area contributed by atoms with Crippen LogP contribution in [0.2, 0.25) is 0 Å². The summed E-state index contributed by atoms with van der Waals surface area (Å²) in [5.74, 6) is 0.596. The molecule has 0 saturated carbocycles. The molecule has 1 aliphatic rings. The van der Waals surface area contributed by atoms with E-state index in [0.29, 0.717) is 18.0 Å². The van der Waals surface area contributed by atoms with E-state index in [-0.39, 0.29) is 0 Å². The quantitative estimate of drug-likeness (QED) is 0.765. The first-order chi connectivity index (χ1) is 12.3. The standard InChI is InChI=1S/C20H18N4S/c21-11-16-8-9-22-12-18(16)23-13-20-24-17-7-6-15(10-19(17)25-20)14-4-2-1-3-5-14/h1-5,8-9,12,15,23H,6-7,10,13H2. The van der Waals surface area contributed by atoms with Crippen LogP contribution in [-0.4, -0.2) is 9.97 Å². The minimum Gasteiger partial charge on any atom is -0.376 e. The van der Waals surface area contributed by atoms with Crippen LogP contribution in [-0.2, 0) is 19.4 Å². The molecule has 1 unspecified atom stereocenters. The number of aromatic nitrogens is 2. The summed E-state index contributed by atoms with van der Waals surface area (Å²) in [6.07, 6.45) is 6.61. The smallest absolute Gasteiger partial charge is 0.112 e. The van der Waals surface area contributed by atoms with Crippen molar-refractivity contribution in [3.8, 4) is 6.07 Å². The Bertz CT molecular complexity index is 911. The van der Waals surface area contributed by atoms with Gasteiger partial charge in [0.1, 0.15) is 11.1 Å². The number of anilines is 1. The Labute approximate surface area is 151 Å². The van der Waals surface area contributed by atoms with E-state index in [0.717, 1.165) is 30.0 Å². The third kappa shape index (κ3) is 3.40. The second kappa shape index (κ2) is 7.04. The van der Waals surface area contributed by atoms with E-state index in [1.807, 2.05) is 0 Å². The van der Waals surface area contributed by atoms with Crippen LogP contribution >= 0.6 is 11.3 Å². The molecule has 0 aliphatic heterocycles. The van der Waals surface area contributed by atoms with E-state index in [4.69, 9.17) is 10.2 Å². The van der Waals surface area contributed by atoms with Gasteiger partial charge in [-0.3, -0.25) is 4.98 Å². The van der Waals surface area contributed by atoms with Crippen molar-refractivity contribution in [1.82, 2.24) is 9.97 Å². The maximum Gasteiger partial charge on any atom is 0.112 e. The monoisotopic (exact) mass is 346 g/mol. The Balaban J connectivity index is 1.46. The van der Waals surface area contributed by atoms with Crippen LogP contribution in [0.4, 0.5) is 5.69 Å². The molecule has 124 valence electrons. The number of aryl methyl sites for hydroxylation is 1. The Morgan fingerprint density at radius 1 is 1.24 bits per heavy atom. The van der Waals surface area contributed by atoms with Gasteiger partial charge in [-0.2, -0.15) is 5.26 Å². The highest BCUT2D eigenvalue weighted by Crippen LogP contribution is 2.35. The predicted octanol–water partition coefficient (Wildman–Crippen LogP) is 4.29. The first kappa shape index (κ1) is 15.8. The molecule has 0 amide bonds. The van der Waals surface area contributed by atoms with Crippen molar-refractivity contribution in [2.75, 3.05) is 5.32 Å². The number of pyridine rings is 1.